The molecule has 3 rings (SSSR count). The standard InChI is InChI=1S/C19H28N6O2S/c1-11(2)28-16-14(10-20-17-15(16)12(3)24-25(17)4)18(26)22-23-19(27)21-13-8-6-5-7-9-13/h10-11,13H,5-9H2,1-4H3,(H,22,26)(H2,21,23,27). The molecule has 2 aromatic heterocycles. The summed E-state index contributed by atoms with van der Waals surface area (Å²) in [5, 5.41) is 8.50. The molecule has 0 unspecified atom stereocenters. The van der Waals surface area contributed by atoms with E-state index in [1.165, 1.54) is 6.42 Å². The summed E-state index contributed by atoms with van der Waals surface area (Å²) in [6.07, 6.45) is 6.99. The summed E-state index contributed by atoms with van der Waals surface area (Å²) in [5.74, 6) is -0.389. The van der Waals surface area contributed by atoms with Crippen molar-refractivity contribution in [2.24, 2.45) is 7.05 Å². The lowest BCUT2D eigenvalue weighted by atomic mass is 9.96. The summed E-state index contributed by atoms with van der Waals surface area (Å²) in [4.78, 5) is 30.1. The number of aryl methyl sites for hydroxylation is 2. The van der Waals surface area contributed by atoms with Gasteiger partial charge in [-0.2, -0.15) is 5.10 Å². The Labute approximate surface area is 169 Å². The van der Waals surface area contributed by atoms with Crippen LogP contribution >= 0.6 is 11.8 Å². The Bertz CT molecular complexity index is 873. The lowest BCUT2D eigenvalue weighted by molar-refractivity contribution is 0.0932. The van der Waals surface area contributed by atoms with Crippen LogP contribution in [0.5, 0.6) is 0 Å². The zero-order valence-corrected chi connectivity index (χ0v) is 17.7. The number of fused-ring (bicyclic) bond motifs is 1. The van der Waals surface area contributed by atoms with Crippen LogP contribution in [0.2, 0.25) is 0 Å². The van der Waals surface area contributed by atoms with E-state index in [0.717, 1.165) is 47.3 Å². The fourth-order valence-electron chi connectivity index (χ4n) is 3.55. The number of hydrazine groups is 1. The van der Waals surface area contributed by atoms with Gasteiger partial charge in [0.2, 0.25) is 0 Å². The minimum Gasteiger partial charge on any atom is -0.334 e. The van der Waals surface area contributed by atoms with Gasteiger partial charge >= 0.3 is 6.03 Å². The average molecular weight is 405 g/mol. The van der Waals surface area contributed by atoms with Crippen molar-refractivity contribution in [3.8, 4) is 0 Å². The van der Waals surface area contributed by atoms with Crippen LogP contribution in [0.25, 0.3) is 11.0 Å². The van der Waals surface area contributed by atoms with Crippen molar-refractivity contribution >= 4 is 34.7 Å². The number of thioether (sulfide) groups is 1. The van der Waals surface area contributed by atoms with Crippen LogP contribution in [0.3, 0.4) is 0 Å². The minimum absolute atomic E-state index is 0.175. The molecule has 1 aliphatic carbocycles. The molecule has 0 spiro atoms. The van der Waals surface area contributed by atoms with Gasteiger partial charge in [-0.25, -0.2) is 15.2 Å². The fraction of sp³-hybridized carbons (Fsp3) is 0.579. The van der Waals surface area contributed by atoms with Crippen LogP contribution < -0.4 is 16.2 Å². The van der Waals surface area contributed by atoms with E-state index in [9.17, 15) is 9.59 Å². The van der Waals surface area contributed by atoms with E-state index in [-0.39, 0.29) is 23.2 Å². The number of nitrogens with one attached hydrogen (secondary N) is 3. The number of urea groups is 1. The van der Waals surface area contributed by atoms with Crippen LogP contribution in [0.4, 0.5) is 4.79 Å². The Morgan fingerprint density at radius 2 is 1.93 bits per heavy atom. The molecule has 3 N–H and O–H groups in total. The van der Waals surface area contributed by atoms with Gasteiger partial charge in [0.15, 0.2) is 5.65 Å². The van der Waals surface area contributed by atoms with Gasteiger partial charge in [0.25, 0.3) is 5.91 Å². The highest BCUT2D eigenvalue weighted by Crippen LogP contribution is 2.34. The summed E-state index contributed by atoms with van der Waals surface area (Å²) < 4.78 is 1.71. The van der Waals surface area contributed by atoms with Gasteiger partial charge in [-0.3, -0.25) is 14.9 Å². The summed E-state index contributed by atoms with van der Waals surface area (Å²) in [6.45, 7) is 6.05. The van der Waals surface area contributed by atoms with E-state index < -0.39 is 0 Å². The van der Waals surface area contributed by atoms with Crippen molar-refractivity contribution in [1.82, 2.24) is 30.9 Å². The van der Waals surface area contributed by atoms with Gasteiger partial charge < -0.3 is 5.32 Å². The van der Waals surface area contributed by atoms with Crippen LogP contribution in [-0.2, 0) is 7.05 Å². The van der Waals surface area contributed by atoms with E-state index in [1.54, 1.807) is 22.6 Å². The van der Waals surface area contributed by atoms with Crippen molar-refractivity contribution in [3.05, 3.63) is 17.5 Å². The molecule has 2 heterocycles. The number of nitrogens with zero attached hydrogens (tertiary/aromatic N) is 3. The summed E-state index contributed by atoms with van der Waals surface area (Å²) in [7, 11) is 1.84. The van der Waals surface area contributed by atoms with E-state index in [2.05, 4.69) is 40.1 Å². The van der Waals surface area contributed by atoms with Gasteiger partial charge in [0, 0.05) is 29.4 Å². The number of rotatable bonds is 4. The SMILES string of the molecule is Cc1nn(C)c2ncc(C(=O)NNC(=O)NC3CCCCC3)c(SC(C)C)c12. The molecular weight excluding hydrogens is 376 g/mol. The average Bonchev–Trinajstić information content (AvgIpc) is 2.94. The Morgan fingerprint density at radius 1 is 1.21 bits per heavy atom. The first-order chi connectivity index (χ1) is 13.4. The van der Waals surface area contributed by atoms with Crippen molar-refractivity contribution < 1.29 is 9.59 Å². The normalized spacial score (nSPS) is 15.0. The van der Waals surface area contributed by atoms with Gasteiger partial charge in [0.05, 0.1) is 16.6 Å². The van der Waals surface area contributed by atoms with Crippen LogP contribution in [0.1, 0.15) is 62.0 Å². The maximum Gasteiger partial charge on any atom is 0.333 e. The summed E-state index contributed by atoms with van der Waals surface area (Å²) in [5.41, 5.74) is 6.97. The first-order valence-corrected chi connectivity index (χ1v) is 10.6. The smallest absolute Gasteiger partial charge is 0.333 e. The molecule has 152 valence electrons. The predicted molar refractivity (Wildman–Crippen MR) is 110 cm³/mol. The van der Waals surface area contributed by atoms with Crippen molar-refractivity contribution in [2.45, 2.75) is 69.1 Å². The predicted octanol–water partition coefficient (Wildman–Crippen LogP) is 3.05. The Morgan fingerprint density at radius 3 is 2.61 bits per heavy atom. The molecule has 0 aromatic carbocycles. The third-order valence-electron chi connectivity index (χ3n) is 4.81. The fourth-order valence-corrected chi connectivity index (χ4v) is 4.65. The van der Waals surface area contributed by atoms with E-state index >= 15 is 0 Å². The quantitative estimate of drug-likeness (QED) is 0.537. The number of carbonyl (C=O) groups excluding carboxylic acids is 2. The molecule has 9 heteroatoms. The second kappa shape index (κ2) is 8.81. The molecule has 3 amide bonds. The lowest BCUT2D eigenvalue weighted by Crippen LogP contribution is -2.50. The number of pyridine rings is 1. The van der Waals surface area contributed by atoms with Crippen molar-refractivity contribution in [2.75, 3.05) is 0 Å². The third kappa shape index (κ3) is 4.57. The number of hydrogen-bond acceptors (Lipinski definition) is 5. The number of carbonyl (C=O) groups is 2. The van der Waals surface area contributed by atoms with Crippen LogP contribution in [0, 0.1) is 6.92 Å². The van der Waals surface area contributed by atoms with E-state index in [4.69, 9.17) is 0 Å². The van der Waals surface area contributed by atoms with Gasteiger partial charge in [-0.15, -0.1) is 11.8 Å². The zero-order chi connectivity index (χ0) is 20.3. The number of amides is 3. The van der Waals surface area contributed by atoms with Crippen LogP contribution in [0.15, 0.2) is 11.1 Å². The largest absolute Gasteiger partial charge is 0.334 e. The summed E-state index contributed by atoms with van der Waals surface area (Å²) >= 11 is 1.59. The van der Waals surface area contributed by atoms with Gasteiger partial charge in [-0.05, 0) is 19.8 Å². The highest BCUT2D eigenvalue weighted by Gasteiger charge is 2.22. The maximum atomic E-state index is 12.8. The first kappa shape index (κ1) is 20.4. The molecule has 28 heavy (non-hydrogen) atoms. The maximum absolute atomic E-state index is 12.8. The molecule has 0 saturated heterocycles. The molecular formula is C19H28N6O2S. The third-order valence-corrected chi connectivity index (χ3v) is 5.94. The molecule has 8 nitrogen and oxygen atoms in total. The van der Waals surface area contributed by atoms with Crippen LogP contribution in [-0.4, -0.2) is 38.0 Å². The zero-order valence-electron chi connectivity index (χ0n) is 16.8. The molecule has 1 aliphatic rings. The molecule has 0 radical (unpaired) electrons. The Kier molecular flexibility index (Phi) is 6.43. The monoisotopic (exact) mass is 404 g/mol. The highest BCUT2D eigenvalue weighted by molar-refractivity contribution is 8.00. The number of aromatic nitrogens is 3. The molecule has 2 aromatic rings. The second-order valence-corrected chi connectivity index (χ2v) is 9.05. The van der Waals surface area contributed by atoms with E-state index in [0.29, 0.717) is 5.56 Å². The van der Waals surface area contributed by atoms with Gasteiger partial charge in [0.1, 0.15) is 0 Å². The highest BCUT2D eigenvalue weighted by atomic mass is 32.2. The molecule has 1 saturated carbocycles. The van der Waals surface area contributed by atoms with E-state index in [1.807, 2.05) is 14.0 Å². The molecule has 0 bridgehead atoms. The lowest BCUT2D eigenvalue weighted by Gasteiger charge is -2.23. The second-order valence-electron chi connectivity index (χ2n) is 7.46. The van der Waals surface area contributed by atoms with Crippen molar-refractivity contribution in [3.63, 3.8) is 0 Å². The molecule has 0 aliphatic heterocycles. The number of hydrogen-bond donors (Lipinski definition) is 3. The minimum atomic E-state index is -0.389. The van der Waals surface area contributed by atoms with Gasteiger partial charge in [-0.1, -0.05) is 33.1 Å². The summed E-state index contributed by atoms with van der Waals surface area (Å²) in [6, 6.07) is -0.210. The molecule has 0 atom stereocenters. The topological polar surface area (TPSA) is 101 Å². The Balaban J connectivity index is 1.75. The first-order valence-electron chi connectivity index (χ1n) is 9.72. The molecule has 1 fully saturated rings. The Hall–Kier alpha value is -2.29. The van der Waals surface area contributed by atoms with Crippen molar-refractivity contribution in [1.29, 1.82) is 0 Å².